The predicted molar refractivity (Wildman–Crippen MR) is 75.7 cm³/mol. The normalized spacial score (nSPS) is 10.2. The average Bonchev–Trinajstić information content (AvgIpc) is 2.39. The van der Waals surface area contributed by atoms with Gasteiger partial charge in [-0.15, -0.1) is 0 Å². The first-order valence-electron chi connectivity index (χ1n) is 6.52. The van der Waals surface area contributed by atoms with Crippen molar-refractivity contribution < 1.29 is 4.79 Å². The van der Waals surface area contributed by atoms with E-state index in [2.05, 4.69) is 16.3 Å². The highest BCUT2D eigenvalue weighted by molar-refractivity contribution is 5.78. The van der Waals surface area contributed by atoms with Gasteiger partial charge in [0.05, 0.1) is 18.1 Å². The Balaban J connectivity index is 2.22. The first kappa shape index (κ1) is 15.2. The molecule has 0 aliphatic heterocycles. The molecule has 0 aliphatic carbocycles. The van der Waals surface area contributed by atoms with Gasteiger partial charge in [-0.25, -0.2) is 0 Å². The van der Waals surface area contributed by atoms with Crippen LogP contribution in [0, 0.1) is 11.3 Å². The maximum atomic E-state index is 11.7. The smallest absolute Gasteiger partial charge is 0.224 e. The molecule has 1 amide bonds. The molecule has 0 bridgehead atoms. The number of nitrogens with one attached hydrogen (secondary N) is 1. The molecule has 0 spiro atoms. The number of hydrogen-bond donors (Lipinski definition) is 1. The third-order valence-electron chi connectivity index (χ3n) is 2.80. The molecule has 1 rings (SSSR count). The number of carbonyl (C=O) groups excluding carboxylic acids is 1. The molecule has 1 aromatic rings. The summed E-state index contributed by atoms with van der Waals surface area (Å²) in [6, 6.07) is 9.18. The minimum atomic E-state index is 0.0366. The minimum absolute atomic E-state index is 0.0366. The van der Waals surface area contributed by atoms with Gasteiger partial charge >= 0.3 is 0 Å². The van der Waals surface area contributed by atoms with Gasteiger partial charge in [-0.3, -0.25) is 4.79 Å². The molecular formula is C15H21N3O. The second kappa shape index (κ2) is 8.28. The van der Waals surface area contributed by atoms with Gasteiger partial charge in [0, 0.05) is 6.54 Å². The van der Waals surface area contributed by atoms with E-state index in [1.165, 1.54) is 0 Å². The van der Waals surface area contributed by atoms with Crippen molar-refractivity contribution in [2.75, 3.05) is 27.2 Å². The van der Waals surface area contributed by atoms with Crippen molar-refractivity contribution in [3.8, 4) is 6.07 Å². The molecule has 1 aromatic carbocycles. The Bertz CT molecular complexity index is 432. The fourth-order valence-electron chi connectivity index (χ4n) is 1.73. The summed E-state index contributed by atoms with van der Waals surface area (Å²) in [5.41, 5.74) is 1.55. The summed E-state index contributed by atoms with van der Waals surface area (Å²) in [5, 5.41) is 11.6. The van der Waals surface area contributed by atoms with Crippen LogP contribution < -0.4 is 5.32 Å². The summed E-state index contributed by atoms with van der Waals surface area (Å²) < 4.78 is 0. The van der Waals surface area contributed by atoms with E-state index < -0.39 is 0 Å². The third-order valence-corrected chi connectivity index (χ3v) is 2.80. The van der Waals surface area contributed by atoms with E-state index in [0.717, 1.165) is 31.5 Å². The van der Waals surface area contributed by atoms with E-state index in [4.69, 9.17) is 5.26 Å². The molecule has 4 heteroatoms. The predicted octanol–water partition coefficient (Wildman–Crippen LogP) is 1.56. The van der Waals surface area contributed by atoms with Crippen LogP contribution in [-0.2, 0) is 11.2 Å². The van der Waals surface area contributed by atoms with Crippen LogP contribution >= 0.6 is 0 Å². The van der Waals surface area contributed by atoms with Crippen molar-refractivity contribution in [1.82, 2.24) is 10.2 Å². The highest BCUT2D eigenvalue weighted by Gasteiger charge is 2.02. The zero-order chi connectivity index (χ0) is 14.1. The van der Waals surface area contributed by atoms with E-state index in [-0.39, 0.29) is 5.91 Å². The molecule has 0 saturated heterocycles. The molecule has 0 heterocycles. The van der Waals surface area contributed by atoms with Crippen LogP contribution in [-0.4, -0.2) is 38.0 Å². The van der Waals surface area contributed by atoms with Gasteiger partial charge in [-0.05, 0) is 51.2 Å². The lowest BCUT2D eigenvalue weighted by Crippen LogP contribution is -2.26. The van der Waals surface area contributed by atoms with Gasteiger partial charge in [0.2, 0.25) is 5.91 Å². The summed E-state index contributed by atoms with van der Waals surface area (Å²) >= 11 is 0. The second-order valence-electron chi connectivity index (χ2n) is 4.85. The van der Waals surface area contributed by atoms with Crippen molar-refractivity contribution in [1.29, 1.82) is 5.26 Å². The number of carbonyl (C=O) groups is 1. The van der Waals surface area contributed by atoms with Crippen LogP contribution in [0.25, 0.3) is 0 Å². The molecule has 0 aromatic heterocycles. The lowest BCUT2D eigenvalue weighted by atomic mass is 10.1. The van der Waals surface area contributed by atoms with E-state index in [1.54, 1.807) is 12.1 Å². The zero-order valence-corrected chi connectivity index (χ0v) is 11.6. The standard InChI is InChI=1S/C15H21N3O/c1-18(2)10-4-3-9-17-15(19)11-13-5-7-14(12-16)8-6-13/h5-8H,3-4,9-11H2,1-2H3,(H,17,19). The van der Waals surface area contributed by atoms with Gasteiger partial charge in [-0.1, -0.05) is 12.1 Å². The van der Waals surface area contributed by atoms with Crippen LogP contribution in [0.15, 0.2) is 24.3 Å². The van der Waals surface area contributed by atoms with E-state index in [1.807, 2.05) is 26.2 Å². The van der Waals surface area contributed by atoms with Gasteiger partial charge in [0.1, 0.15) is 0 Å². The maximum absolute atomic E-state index is 11.7. The molecule has 0 saturated carbocycles. The number of nitrogens with zero attached hydrogens (tertiary/aromatic N) is 2. The van der Waals surface area contributed by atoms with Crippen molar-refractivity contribution >= 4 is 5.91 Å². The van der Waals surface area contributed by atoms with Crippen LogP contribution in [0.3, 0.4) is 0 Å². The third kappa shape index (κ3) is 6.58. The number of amides is 1. The Labute approximate surface area is 115 Å². The fourth-order valence-corrected chi connectivity index (χ4v) is 1.73. The Kier molecular flexibility index (Phi) is 6.62. The monoisotopic (exact) mass is 259 g/mol. The highest BCUT2D eigenvalue weighted by atomic mass is 16.1. The first-order valence-corrected chi connectivity index (χ1v) is 6.52. The molecule has 0 radical (unpaired) electrons. The van der Waals surface area contributed by atoms with Crippen LogP contribution in [0.5, 0.6) is 0 Å². The Morgan fingerprint density at radius 3 is 2.53 bits per heavy atom. The molecule has 19 heavy (non-hydrogen) atoms. The Morgan fingerprint density at radius 1 is 1.26 bits per heavy atom. The van der Waals surface area contributed by atoms with E-state index >= 15 is 0 Å². The first-order chi connectivity index (χ1) is 9.11. The highest BCUT2D eigenvalue weighted by Crippen LogP contribution is 2.04. The van der Waals surface area contributed by atoms with Gasteiger partial charge in [0.25, 0.3) is 0 Å². The molecule has 0 atom stereocenters. The number of rotatable bonds is 7. The van der Waals surface area contributed by atoms with Crippen molar-refractivity contribution in [2.24, 2.45) is 0 Å². The molecular weight excluding hydrogens is 238 g/mol. The molecule has 0 unspecified atom stereocenters. The van der Waals surface area contributed by atoms with Crippen LogP contribution in [0.1, 0.15) is 24.0 Å². The average molecular weight is 259 g/mol. The molecule has 0 fully saturated rings. The van der Waals surface area contributed by atoms with Gasteiger partial charge in [-0.2, -0.15) is 5.26 Å². The summed E-state index contributed by atoms with van der Waals surface area (Å²) in [6.07, 6.45) is 2.46. The lowest BCUT2D eigenvalue weighted by Gasteiger charge is -2.09. The largest absolute Gasteiger partial charge is 0.356 e. The maximum Gasteiger partial charge on any atom is 0.224 e. The summed E-state index contributed by atoms with van der Waals surface area (Å²) in [5.74, 6) is 0.0366. The quantitative estimate of drug-likeness (QED) is 0.756. The van der Waals surface area contributed by atoms with Crippen LogP contribution in [0.2, 0.25) is 0 Å². The Morgan fingerprint density at radius 2 is 1.95 bits per heavy atom. The fraction of sp³-hybridized carbons (Fsp3) is 0.467. The summed E-state index contributed by atoms with van der Waals surface area (Å²) in [6.45, 7) is 1.77. The SMILES string of the molecule is CN(C)CCCCNC(=O)Cc1ccc(C#N)cc1. The number of unbranched alkanes of at least 4 members (excludes halogenated alkanes) is 1. The van der Waals surface area contributed by atoms with Crippen molar-refractivity contribution in [3.05, 3.63) is 35.4 Å². The second-order valence-corrected chi connectivity index (χ2v) is 4.85. The van der Waals surface area contributed by atoms with Crippen molar-refractivity contribution in [3.63, 3.8) is 0 Å². The summed E-state index contributed by atoms with van der Waals surface area (Å²) in [4.78, 5) is 13.8. The van der Waals surface area contributed by atoms with Crippen LogP contribution in [0.4, 0.5) is 0 Å². The van der Waals surface area contributed by atoms with Crippen molar-refractivity contribution in [2.45, 2.75) is 19.3 Å². The molecule has 4 nitrogen and oxygen atoms in total. The zero-order valence-electron chi connectivity index (χ0n) is 11.6. The Hall–Kier alpha value is -1.86. The summed E-state index contributed by atoms with van der Waals surface area (Å²) in [7, 11) is 4.09. The topological polar surface area (TPSA) is 56.1 Å². The minimum Gasteiger partial charge on any atom is -0.356 e. The number of benzene rings is 1. The van der Waals surface area contributed by atoms with E-state index in [9.17, 15) is 4.79 Å². The molecule has 102 valence electrons. The lowest BCUT2D eigenvalue weighted by molar-refractivity contribution is -0.120. The van der Waals surface area contributed by atoms with Gasteiger partial charge in [0.15, 0.2) is 0 Å². The van der Waals surface area contributed by atoms with E-state index in [0.29, 0.717) is 12.0 Å². The molecule has 1 N–H and O–H groups in total. The number of nitriles is 1. The van der Waals surface area contributed by atoms with Gasteiger partial charge < -0.3 is 10.2 Å². The molecule has 0 aliphatic rings. The number of hydrogen-bond acceptors (Lipinski definition) is 3.